The van der Waals surface area contributed by atoms with E-state index in [2.05, 4.69) is 15.5 Å². The predicted molar refractivity (Wildman–Crippen MR) is 101 cm³/mol. The van der Waals surface area contributed by atoms with Crippen molar-refractivity contribution in [3.63, 3.8) is 0 Å². The molecule has 1 amide bonds. The fourth-order valence-electron chi connectivity index (χ4n) is 3.40. The molecule has 0 bridgehead atoms. The smallest absolute Gasteiger partial charge is 0.286 e. The minimum atomic E-state index is -0.545. The Kier molecular flexibility index (Phi) is 8.58. The summed E-state index contributed by atoms with van der Waals surface area (Å²) in [5.41, 5.74) is 0. The monoisotopic (exact) mass is 382 g/mol. The molecular formula is C18H30N4O3S. The summed E-state index contributed by atoms with van der Waals surface area (Å²) < 4.78 is 5.57. The maximum atomic E-state index is 13.1. The van der Waals surface area contributed by atoms with Gasteiger partial charge in [-0.1, -0.05) is 51.3 Å². The molecule has 1 heterocycles. The Morgan fingerprint density at radius 1 is 1.38 bits per heavy atom. The molecule has 2 atom stereocenters. The van der Waals surface area contributed by atoms with Crippen molar-refractivity contribution in [2.45, 2.75) is 69.7 Å². The third-order valence-electron chi connectivity index (χ3n) is 5.09. The van der Waals surface area contributed by atoms with Gasteiger partial charge in [0.05, 0.1) is 0 Å². The van der Waals surface area contributed by atoms with Gasteiger partial charge in [0.1, 0.15) is 6.04 Å². The Hall–Kier alpha value is -1.41. The van der Waals surface area contributed by atoms with Gasteiger partial charge in [0.2, 0.25) is 12.2 Å². The fraction of sp³-hybridized carbons (Fsp3) is 0.778. The summed E-state index contributed by atoms with van der Waals surface area (Å²) in [6.45, 7) is 4.84. The minimum absolute atomic E-state index is 0.00455. The standard InChI is InChI=1S/C18H30N4O3S/c1-4-13(2)15(22(12-23)14-8-6-5-7-9-14)16(24)17-20-21-18(25-17)26-11-10-19-3/h12-15,19H,4-11H2,1-3H3/t13-,15-/m0/s1. The van der Waals surface area contributed by atoms with E-state index in [1.165, 1.54) is 18.2 Å². The zero-order valence-electron chi connectivity index (χ0n) is 15.9. The summed E-state index contributed by atoms with van der Waals surface area (Å²) in [7, 11) is 1.87. The van der Waals surface area contributed by atoms with Crippen LogP contribution in [0.15, 0.2) is 9.64 Å². The molecule has 1 aliphatic carbocycles. The Balaban J connectivity index is 2.16. The molecule has 0 spiro atoms. The average Bonchev–Trinajstić information content (AvgIpc) is 3.15. The second-order valence-electron chi connectivity index (χ2n) is 6.86. The van der Waals surface area contributed by atoms with Crippen LogP contribution >= 0.6 is 11.8 Å². The number of hydrogen-bond donors (Lipinski definition) is 1. The first-order valence-corrected chi connectivity index (χ1v) is 10.5. The van der Waals surface area contributed by atoms with E-state index >= 15 is 0 Å². The highest BCUT2D eigenvalue weighted by Gasteiger charge is 2.37. The lowest BCUT2D eigenvalue weighted by atomic mass is 9.88. The zero-order valence-corrected chi connectivity index (χ0v) is 16.8. The van der Waals surface area contributed by atoms with Crippen LogP contribution in [0.5, 0.6) is 0 Å². The zero-order chi connectivity index (χ0) is 18.9. The lowest BCUT2D eigenvalue weighted by Gasteiger charge is -2.38. The predicted octanol–water partition coefficient (Wildman–Crippen LogP) is 2.77. The van der Waals surface area contributed by atoms with Crippen LogP contribution in [0.2, 0.25) is 0 Å². The van der Waals surface area contributed by atoms with E-state index in [-0.39, 0.29) is 23.6 Å². The number of hydrogen-bond acceptors (Lipinski definition) is 7. The normalized spacial score (nSPS) is 17.7. The van der Waals surface area contributed by atoms with E-state index in [0.29, 0.717) is 5.22 Å². The van der Waals surface area contributed by atoms with Crippen LogP contribution in [0.25, 0.3) is 0 Å². The van der Waals surface area contributed by atoms with Gasteiger partial charge in [-0.25, -0.2) is 0 Å². The minimum Gasteiger partial charge on any atom is -0.408 e. The maximum absolute atomic E-state index is 13.1. The van der Waals surface area contributed by atoms with Gasteiger partial charge in [-0.3, -0.25) is 9.59 Å². The van der Waals surface area contributed by atoms with Crippen LogP contribution in [0.3, 0.4) is 0 Å². The summed E-state index contributed by atoms with van der Waals surface area (Å²) in [5, 5.41) is 11.3. The van der Waals surface area contributed by atoms with E-state index in [9.17, 15) is 9.59 Å². The molecule has 0 unspecified atom stereocenters. The summed E-state index contributed by atoms with van der Waals surface area (Å²) in [5.74, 6) is 0.570. The summed E-state index contributed by atoms with van der Waals surface area (Å²) >= 11 is 1.41. The number of Topliss-reactive ketones (excluding diaryl/α,β-unsaturated/α-hetero) is 1. The molecule has 1 fully saturated rings. The van der Waals surface area contributed by atoms with Gasteiger partial charge in [0, 0.05) is 18.3 Å². The lowest BCUT2D eigenvalue weighted by Crippen LogP contribution is -2.50. The number of nitrogens with one attached hydrogen (secondary N) is 1. The van der Waals surface area contributed by atoms with Gasteiger partial charge >= 0.3 is 0 Å². The SMILES string of the molecule is CC[C@H](C)[C@@H](C(=O)c1nnc(SCCNC)o1)N(C=O)C1CCCCC1. The Morgan fingerprint density at radius 2 is 2.12 bits per heavy atom. The van der Waals surface area contributed by atoms with Gasteiger partial charge in [0.25, 0.3) is 11.1 Å². The molecule has 1 aromatic rings. The Morgan fingerprint density at radius 3 is 2.73 bits per heavy atom. The molecule has 0 radical (unpaired) electrons. The number of carbonyl (C=O) groups excluding carboxylic acids is 2. The number of carbonyl (C=O) groups is 2. The largest absolute Gasteiger partial charge is 0.408 e. The van der Waals surface area contributed by atoms with Crippen molar-refractivity contribution in [3.8, 4) is 0 Å². The van der Waals surface area contributed by atoms with E-state index in [1.807, 2.05) is 20.9 Å². The van der Waals surface area contributed by atoms with Crippen molar-refractivity contribution in [2.75, 3.05) is 19.3 Å². The van der Waals surface area contributed by atoms with Gasteiger partial charge < -0.3 is 14.6 Å². The maximum Gasteiger partial charge on any atom is 0.286 e. The summed E-state index contributed by atoms with van der Waals surface area (Å²) in [6.07, 6.45) is 6.94. The van der Waals surface area contributed by atoms with Crippen molar-refractivity contribution in [2.24, 2.45) is 5.92 Å². The first-order valence-electron chi connectivity index (χ1n) is 9.50. The molecule has 1 saturated carbocycles. The highest BCUT2D eigenvalue weighted by atomic mass is 32.2. The summed E-state index contributed by atoms with van der Waals surface area (Å²) in [6, 6.07) is -0.423. The van der Waals surface area contributed by atoms with Crippen LogP contribution in [0.4, 0.5) is 0 Å². The van der Waals surface area contributed by atoms with Crippen LogP contribution in [-0.2, 0) is 4.79 Å². The fourth-order valence-corrected chi connectivity index (χ4v) is 4.12. The molecule has 8 heteroatoms. The quantitative estimate of drug-likeness (QED) is 0.272. The number of thioether (sulfide) groups is 1. The number of aromatic nitrogens is 2. The second-order valence-corrected chi connectivity index (χ2v) is 7.91. The van der Waals surface area contributed by atoms with Gasteiger partial charge in [-0.2, -0.15) is 0 Å². The molecule has 0 aromatic carbocycles. The van der Waals surface area contributed by atoms with Crippen molar-refractivity contribution in [1.82, 2.24) is 20.4 Å². The number of rotatable bonds is 11. The molecule has 1 aliphatic rings. The van der Waals surface area contributed by atoms with Gasteiger partial charge in [-0.15, -0.1) is 10.2 Å². The molecule has 0 aliphatic heterocycles. The lowest BCUT2D eigenvalue weighted by molar-refractivity contribution is -0.123. The molecule has 2 rings (SSSR count). The third kappa shape index (κ3) is 5.30. The van der Waals surface area contributed by atoms with Gasteiger partial charge in [-0.05, 0) is 25.8 Å². The summed E-state index contributed by atoms with van der Waals surface area (Å²) in [4.78, 5) is 26.7. The molecule has 7 nitrogen and oxygen atoms in total. The molecular weight excluding hydrogens is 352 g/mol. The Bertz CT molecular complexity index is 575. The molecule has 1 N–H and O–H groups in total. The topological polar surface area (TPSA) is 88.3 Å². The highest BCUT2D eigenvalue weighted by Crippen LogP contribution is 2.28. The average molecular weight is 383 g/mol. The van der Waals surface area contributed by atoms with Crippen LogP contribution in [-0.4, -0.2) is 58.7 Å². The van der Waals surface area contributed by atoms with Crippen molar-refractivity contribution in [3.05, 3.63) is 5.89 Å². The van der Waals surface area contributed by atoms with Crippen molar-refractivity contribution >= 4 is 24.0 Å². The highest BCUT2D eigenvalue weighted by molar-refractivity contribution is 7.99. The van der Waals surface area contributed by atoms with Crippen molar-refractivity contribution < 1.29 is 14.0 Å². The van der Waals surface area contributed by atoms with E-state index < -0.39 is 6.04 Å². The number of amides is 1. The number of ketones is 1. The van der Waals surface area contributed by atoms with E-state index in [0.717, 1.165) is 50.8 Å². The molecule has 26 heavy (non-hydrogen) atoms. The van der Waals surface area contributed by atoms with Gasteiger partial charge in [0.15, 0.2) is 0 Å². The van der Waals surface area contributed by atoms with Crippen molar-refractivity contribution in [1.29, 1.82) is 0 Å². The first kappa shape index (κ1) is 20.9. The first-order chi connectivity index (χ1) is 12.6. The third-order valence-corrected chi connectivity index (χ3v) is 5.91. The molecule has 1 aromatic heterocycles. The van der Waals surface area contributed by atoms with Crippen LogP contribution < -0.4 is 5.32 Å². The van der Waals surface area contributed by atoms with E-state index in [1.54, 1.807) is 4.90 Å². The van der Waals surface area contributed by atoms with Crippen LogP contribution in [0.1, 0.15) is 63.1 Å². The Labute approximate surface area is 159 Å². The molecule has 146 valence electrons. The molecule has 0 saturated heterocycles. The number of nitrogens with zero attached hydrogens (tertiary/aromatic N) is 3. The second kappa shape index (κ2) is 10.7. The van der Waals surface area contributed by atoms with Crippen LogP contribution in [0, 0.1) is 5.92 Å². The van der Waals surface area contributed by atoms with E-state index in [4.69, 9.17) is 4.42 Å².